The third-order valence-electron chi connectivity index (χ3n) is 6.80. The van der Waals surface area contributed by atoms with Gasteiger partial charge in [0.25, 0.3) is 5.91 Å². The van der Waals surface area contributed by atoms with Gasteiger partial charge in [0.15, 0.2) is 0 Å². The van der Waals surface area contributed by atoms with Crippen LogP contribution < -0.4 is 0 Å². The first kappa shape index (κ1) is 23.1. The van der Waals surface area contributed by atoms with Gasteiger partial charge in [-0.1, -0.05) is 13.8 Å². The third-order valence-corrected chi connectivity index (χ3v) is 6.80. The topological polar surface area (TPSA) is 63.9 Å². The summed E-state index contributed by atoms with van der Waals surface area (Å²) in [5.74, 6) is -1.34. The van der Waals surface area contributed by atoms with Crippen LogP contribution in [0.5, 0.6) is 0 Å². The van der Waals surface area contributed by atoms with Crippen molar-refractivity contribution in [3.8, 4) is 11.3 Å². The first-order valence-corrected chi connectivity index (χ1v) is 11.9. The lowest BCUT2D eigenvalue weighted by molar-refractivity contribution is 0.0513. The molecular weight excluding hydrogens is 448 g/mol. The zero-order valence-corrected chi connectivity index (χ0v) is 20.2. The van der Waals surface area contributed by atoms with E-state index in [0.717, 1.165) is 35.0 Å². The van der Waals surface area contributed by atoms with Crippen molar-refractivity contribution in [3.63, 3.8) is 0 Å². The van der Waals surface area contributed by atoms with Gasteiger partial charge in [0.2, 0.25) is 0 Å². The Morgan fingerprint density at radius 3 is 2.49 bits per heavy atom. The number of hydrogen-bond acceptors (Lipinski definition) is 4. The van der Waals surface area contributed by atoms with Gasteiger partial charge in [-0.25, -0.2) is 13.8 Å². The molecule has 0 bridgehead atoms. The molecule has 1 amide bonds. The van der Waals surface area contributed by atoms with Crippen molar-refractivity contribution in [1.82, 2.24) is 24.6 Å². The third kappa shape index (κ3) is 3.96. The molecular formula is C27H27F2N5O. The molecule has 3 heterocycles. The highest BCUT2D eigenvalue weighted by molar-refractivity contribution is 5.98. The Morgan fingerprint density at radius 1 is 1.06 bits per heavy atom. The summed E-state index contributed by atoms with van der Waals surface area (Å²) in [6.45, 7) is 5.96. The number of fused-ring (bicyclic) bond motifs is 2. The number of aryl methyl sites for hydroxylation is 2. The van der Waals surface area contributed by atoms with E-state index in [-0.39, 0.29) is 18.0 Å². The van der Waals surface area contributed by atoms with Crippen molar-refractivity contribution in [3.05, 3.63) is 76.7 Å². The Labute approximate surface area is 202 Å². The monoisotopic (exact) mass is 475 g/mol. The highest BCUT2D eigenvalue weighted by atomic mass is 19.1. The molecule has 0 saturated carbocycles. The fraction of sp³-hybridized carbons (Fsp3) is 0.333. The average Bonchev–Trinajstić information content (AvgIpc) is 3.16. The number of carbonyl (C=O) groups excluding carboxylic acids is 1. The Kier molecular flexibility index (Phi) is 5.83. The number of nitrogens with zero attached hydrogens (tertiary/aromatic N) is 5. The average molecular weight is 476 g/mol. The number of rotatable bonds is 4. The maximum atomic E-state index is 14.0. The first-order chi connectivity index (χ1) is 16.8. The van der Waals surface area contributed by atoms with E-state index in [4.69, 9.17) is 5.10 Å². The van der Waals surface area contributed by atoms with Crippen LogP contribution in [0.25, 0.3) is 22.3 Å². The van der Waals surface area contributed by atoms with Crippen molar-refractivity contribution < 1.29 is 13.6 Å². The van der Waals surface area contributed by atoms with E-state index in [1.54, 1.807) is 30.1 Å². The van der Waals surface area contributed by atoms with E-state index >= 15 is 0 Å². The van der Waals surface area contributed by atoms with Crippen LogP contribution in [-0.4, -0.2) is 36.6 Å². The maximum absolute atomic E-state index is 14.0. The second-order valence-corrected chi connectivity index (χ2v) is 9.11. The van der Waals surface area contributed by atoms with Crippen molar-refractivity contribution in [2.45, 2.75) is 52.1 Å². The molecule has 2 atom stereocenters. The molecule has 0 N–H and O–H groups in total. The largest absolute Gasteiger partial charge is 0.327 e. The molecule has 2 aromatic heterocycles. The van der Waals surface area contributed by atoms with Gasteiger partial charge in [0, 0.05) is 42.0 Å². The second-order valence-electron chi connectivity index (χ2n) is 9.11. The highest BCUT2D eigenvalue weighted by Gasteiger charge is 2.40. The van der Waals surface area contributed by atoms with Crippen LogP contribution in [0.15, 0.2) is 42.6 Å². The van der Waals surface area contributed by atoms with Crippen LogP contribution in [0.2, 0.25) is 0 Å². The predicted octanol–water partition coefficient (Wildman–Crippen LogP) is 5.55. The zero-order valence-electron chi connectivity index (χ0n) is 20.2. The summed E-state index contributed by atoms with van der Waals surface area (Å²) in [4.78, 5) is 24.7. The summed E-state index contributed by atoms with van der Waals surface area (Å²) in [6, 6.07) is 8.61. The van der Waals surface area contributed by atoms with Crippen molar-refractivity contribution >= 4 is 16.9 Å². The van der Waals surface area contributed by atoms with Crippen molar-refractivity contribution in [2.75, 3.05) is 0 Å². The van der Waals surface area contributed by atoms with E-state index in [2.05, 4.69) is 16.9 Å². The lowest BCUT2D eigenvalue weighted by Crippen LogP contribution is -2.47. The van der Waals surface area contributed by atoms with Gasteiger partial charge in [-0.3, -0.25) is 14.5 Å². The Bertz CT molecular complexity index is 1430. The number of benzene rings is 2. The lowest BCUT2D eigenvalue weighted by atomic mass is 9.87. The van der Waals surface area contributed by atoms with Gasteiger partial charge in [-0.05, 0) is 56.5 Å². The fourth-order valence-corrected chi connectivity index (χ4v) is 5.25. The first-order valence-electron chi connectivity index (χ1n) is 11.9. The number of hydrogen-bond donors (Lipinski definition) is 0. The van der Waals surface area contributed by atoms with Crippen LogP contribution in [0.4, 0.5) is 8.78 Å². The SMILES string of the molecule is CCC1Cc2c(nn(C)c2-c2cc(F)cc(F)c2)C(CC)N1C(=O)c1ccc2nc(C)cnc2c1. The van der Waals surface area contributed by atoms with E-state index in [1.807, 2.05) is 24.8 Å². The van der Waals surface area contributed by atoms with Crippen LogP contribution in [0, 0.1) is 18.6 Å². The summed E-state index contributed by atoms with van der Waals surface area (Å²) in [5, 5.41) is 4.75. The molecule has 4 aromatic rings. The normalized spacial score (nSPS) is 17.6. The van der Waals surface area contributed by atoms with Crippen molar-refractivity contribution in [1.29, 1.82) is 0 Å². The molecule has 8 heteroatoms. The van der Waals surface area contributed by atoms with E-state index < -0.39 is 11.6 Å². The molecule has 0 spiro atoms. The molecule has 1 aliphatic rings. The molecule has 6 nitrogen and oxygen atoms in total. The number of carbonyl (C=O) groups is 1. The molecule has 2 aromatic carbocycles. The molecule has 0 aliphatic carbocycles. The summed E-state index contributed by atoms with van der Waals surface area (Å²) in [6.07, 6.45) is 3.65. The minimum Gasteiger partial charge on any atom is -0.327 e. The lowest BCUT2D eigenvalue weighted by Gasteiger charge is -2.41. The van der Waals surface area contributed by atoms with Gasteiger partial charge in [-0.15, -0.1) is 0 Å². The smallest absolute Gasteiger partial charge is 0.254 e. The molecule has 1 aliphatic heterocycles. The van der Waals surface area contributed by atoms with Crippen LogP contribution in [0.3, 0.4) is 0 Å². The molecule has 5 rings (SSSR count). The zero-order chi connectivity index (χ0) is 24.9. The number of halogens is 2. The Morgan fingerprint density at radius 2 is 1.80 bits per heavy atom. The van der Waals surface area contributed by atoms with E-state index in [1.165, 1.54) is 12.1 Å². The van der Waals surface area contributed by atoms with E-state index in [0.29, 0.717) is 35.2 Å². The van der Waals surface area contributed by atoms with Crippen molar-refractivity contribution in [2.24, 2.45) is 7.05 Å². The predicted molar refractivity (Wildman–Crippen MR) is 130 cm³/mol. The second kappa shape index (κ2) is 8.83. The van der Waals surface area contributed by atoms with Gasteiger partial charge in [0.1, 0.15) is 11.6 Å². The summed E-state index contributed by atoms with van der Waals surface area (Å²) in [7, 11) is 1.78. The number of amides is 1. The minimum absolute atomic E-state index is 0.0809. The van der Waals surface area contributed by atoms with Gasteiger partial charge in [-0.2, -0.15) is 5.10 Å². The molecule has 2 unspecified atom stereocenters. The quantitative estimate of drug-likeness (QED) is 0.389. The molecule has 180 valence electrons. The summed E-state index contributed by atoms with van der Waals surface area (Å²) < 4.78 is 29.7. The van der Waals surface area contributed by atoms with Crippen LogP contribution in [0.1, 0.15) is 60.0 Å². The Balaban J connectivity index is 1.59. The standard InChI is InChI=1S/C27H27F2N5O/c1-5-20-13-21-25(32-33(4)26(21)17-9-18(28)12-19(29)10-17)24(6-2)34(20)27(35)16-7-8-22-23(11-16)30-14-15(3)31-22/h7-12,14,20,24H,5-6,13H2,1-4H3. The molecule has 0 fully saturated rings. The maximum Gasteiger partial charge on any atom is 0.254 e. The van der Waals surface area contributed by atoms with Gasteiger partial charge >= 0.3 is 0 Å². The fourth-order valence-electron chi connectivity index (χ4n) is 5.25. The number of aromatic nitrogens is 4. The van der Waals surface area contributed by atoms with Crippen LogP contribution in [-0.2, 0) is 13.5 Å². The molecule has 35 heavy (non-hydrogen) atoms. The summed E-state index contributed by atoms with van der Waals surface area (Å²) in [5.41, 5.74) is 5.67. The van der Waals surface area contributed by atoms with Crippen LogP contribution >= 0.6 is 0 Å². The summed E-state index contributed by atoms with van der Waals surface area (Å²) >= 11 is 0. The van der Waals surface area contributed by atoms with E-state index in [9.17, 15) is 13.6 Å². The Hall–Kier alpha value is -3.68. The van der Waals surface area contributed by atoms with Gasteiger partial charge < -0.3 is 4.90 Å². The molecule has 0 saturated heterocycles. The highest BCUT2D eigenvalue weighted by Crippen LogP contribution is 2.41. The minimum atomic E-state index is -0.628. The van der Waals surface area contributed by atoms with Gasteiger partial charge in [0.05, 0.1) is 34.2 Å². The molecule has 0 radical (unpaired) electrons.